The van der Waals surface area contributed by atoms with Crippen molar-refractivity contribution in [3.63, 3.8) is 0 Å². The Morgan fingerprint density at radius 1 is 0.494 bits per heavy atom. The molecule has 6 fully saturated rings. The van der Waals surface area contributed by atoms with Crippen LogP contribution in [-0.2, 0) is 23.7 Å². The number of benzene rings is 2. The molecule has 2 aromatic carbocycles. The lowest BCUT2D eigenvalue weighted by Crippen LogP contribution is -2.46. The molecule has 27 heteroatoms. The van der Waals surface area contributed by atoms with Crippen LogP contribution in [0.5, 0.6) is 0 Å². The first kappa shape index (κ1) is 68.9. The third-order valence-corrected chi connectivity index (χ3v) is 14.0. The summed E-state index contributed by atoms with van der Waals surface area (Å²) in [5.74, 6) is -3.14. The number of para-hydroxylation sites is 2. The molecular weight excluding hydrogens is 1050 g/mol. The van der Waals surface area contributed by atoms with Crippen molar-refractivity contribution in [3.8, 4) is 0 Å². The van der Waals surface area contributed by atoms with Crippen molar-refractivity contribution in [2.24, 2.45) is 0 Å². The van der Waals surface area contributed by atoms with Crippen LogP contribution in [0.1, 0.15) is 119 Å². The van der Waals surface area contributed by atoms with Crippen LogP contribution in [0.2, 0.25) is 0 Å². The van der Waals surface area contributed by atoms with Gasteiger partial charge in [-0.25, -0.2) is 36.7 Å². The highest BCUT2D eigenvalue weighted by Gasteiger charge is 2.33. The first-order valence-electron chi connectivity index (χ1n) is 28.4. The smallest absolute Gasteiger partial charge is 0.410 e. The van der Waals surface area contributed by atoms with Gasteiger partial charge in [-0.3, -0.25) is 0 Å². The third-order valence-electron chi connectivity index (χ3n) is 14.0. The largest absolute Gasteiger partial charge is 0.444 e. The molecule has 0 spiro atoms. The Morgan fingerprint density at radius 2 is 0.728 bits per heavy atom. The standard InChI is InChI=1S/C22H31F2N3O4.C17H23F2N3O2.C15H28N2O3.B5.B/c1-22(2,3)31-21(29)27-13-9-16(10-14-27)30-15-7-11-26(12-8-15)20(28)25-19-17(23)5-4-6-18(19)24;18-14-2-1-3-15(19)16(14)21-17(23)22-10-6-13(7-11-22)24-12-4-8-20-9-5-12;1-15(2,3)20-14(18)17-10-6-13(7-11-17)19-12-4-8-16-9-5-12;1-4-5(2)3;/h4-6,15-16H,7-14H2,1-3H3,(H,25,28);1-3,12-13,20H,4-11H2,(H,21,23);12-13,16H,4-11H2,1-3H3;;. The number of anilines is 2. The lowest BCUT2D eigenvalue weighted by Gasteiger charge is -2.37. The number of ether oxygens (including phenoxy) is 5. The summed E-state index contributed by atoms with van der Waals surface area (Å²) in [5, 5.41) is 11.3. The summed E-state index contributed by atoms with van der Waals surface area (Å²) in [5.41, 5.74) is -1.75. The minimum absolute atomic E-state index is 0. The number of carbonyl (C=O) groups is 4. The number of hydrogen-bond donors (Lipinski definition) is 4. The molecule has 0 unspecified atom stereocenters. The SMILES string of the molecule is CC(C)(C)OC(=O)N1CCC(OC2CCN(C(=O)Nc3c(F)cccc3F)CC2)CC1.CC(C)(C)OC(=O)N1CCC(OC2CCNCC2)CC1.O=C(Nc1c(F)cccc1F)N1CCC(OC2CCNCC2)CC1.[B].[B][B]B([B])[B]. The minimum atomic E-state index is -0.802. The molecule has 6 heterocycles. The summed E-state index contributed by atoms with van der Waals surface area (Å²) in [7, 11) is 15.8. The molecule has 4 N–H and O–H groups in total. The molecular formula is C54H82B6F4N8O9. The highest BCUT2D eigenvalue weighted by molar-refractivity contribution is 7.60. The Balaban J connectivity index is 0.000000254. The fraction of sp³-hybridized carbons (Fsp3) is 0.704. The van der Waals surface area contributed by atoms with E-state index < -0.39 is 64.3 Å². The number of carbonyl (C=O) groups excluding carboxylic acids is 4. The van der Waals surface area contributed by atoms with Crippen LogP contribution >= 0.6 is 0 Å². The zero-order valence-electron chi connectivity index (χ0n) is 48.3. The fourth-order valence-corrected chi connectivity index (χ4v) is 9.68. The van der Waals surface area contributed by atoms with Crippen LogP contribution < -0.4 is 21.3 Å². The maximum atomic E-state index is 13.7. The minimum Gasteiger partial charge on any atom is -0.444 e. The number of halogens is 4. The van der Waals surface area contributed by atoms with Gasteiger partial charge in [-0.1, -0.05) is 12.1 Å². The van der Waals surface area contributed by atoms with Gasteiger partial charge in [0, 0.05) is 97.4 Å². The number of nitrogens with zero attached hydrogens (tertiary/aromatic N) is 4. The summed E-state index contributed by atoms with van der Waals surface area (Å²) in [4.78, 5) is 55.3. The average Bonchev–Trinajstić information content (AvgIpc) is 3.42. The molecule has 0 aromatic heterocycles. The molecule has 17 nitrogen and oxygen atoms in total. The van der Waals surface area contributed by atoms with Gasteiger partial charge in [0.15, 0.2) is 0 Å². The van der Waals surface area contributed by atoms with Gasteiger partial charge in [-0.2, -0.15) is 0 Å². The molecule has 6 aliphatic rings. The second-order valence-electron chi connectivity index (χ2n) is 22.8. The average molecular weight is 1130 g/mol. The first-order valence-corrected chi connectivity index (χ1v) is 28.4. The molecule has 438 valence electrons. The molecule has 10 radical (unpaired) electrons. The summed E-state index contributed by atoms with van der Waals surface area (Å²) >= 11 is 0. The van der Waals surface area contributed by atoms with E-state index in [0.717, 1.165) is 128 Å². The predicted octanol–water partition coefficient (Wildman–Crippen LogP) is 6.98. The highest BCUT2D eigenvalue weighted by Crippen LogP contribution is 2.26. The Morgan fingerprint density at radius 3 is 0.963 bits per heavy atom. The summed E-state index contributed by atoms with van der Waals surface area (Å²) < 4.78 is 83.9. The number of nitrogens with one attached hydrogen (secondary N) is 4. The van der Waals surface area contributed by atoms with Gasteiger partial charge in [-0.15, -0.1) is 0 Å². The van der Waals surface area contributed by atoms with Gasteiger partial charge in [0.25, 0.3) is 0 Å². The van der Waals surface area contributed by atoms with Crippen LogP contribution in [0.4, 0.5) is 48.1 Å². The van der Waals surface area contributed by atoms with E-state index in [1.165, 1.54) is 24.1 Å². The van der Waals surface area contributed by atoms with E-state index in [9.17, 15) is 36.7 Å². The van der Waals surface area contributed by atoms with Crippen molar-refractivity contribution in [2.45, 2.75) is 166 Å². The second-order valence-corrected chi connectivity index (χ2v) is 22.8. The van der Waals surface area contributed by atoms with E-state index in [1.54, 1.807) is 14.7 Å². The maximum Gasteiger partial charge on any atom is 0.410 e. The molecule has 2 aromatic rings. The quantitative estimate of drug-likeness (QED) is 0.151. The molecule has 8 rings (SSSR count). The summed E-state index contributed by atoms with van der Waals surface area (Å²) in [6.45, 7) is 19.9. The van der Waals surface area contributed by atoms with Crippen molar-refractivity contribution in [1.82, 2.24) is 30.2 Å². The van der Waals surface area contributed by atoms with E-state index in [0.29, 0.717) is 70.4 Å². The van der Waals surface area contributed by atoms with Crippen LogP contribution in [0.3, 0.4) is 0 Å². The topological polar surface area (TPSA) is 176 Å². The van der Waals surface area contributed by atoms with Crippen molar-refractivity contribution in [1.29, 1.82) is 0 Å². The summed E-state index contributed by atoms with van der Waals surface area (Å²) in [6, 6.07) is 5.98. The predicted molar refractivity (Wildman–Crippen MR) is 311 cm³/mol. The Kier molecular flexibility index (Phi) is 29.2. The fourth-order valence-electron chi connectivity index (χ4n) is 9.68. The Labute approximate surface area is 484 Å². The van der Waals surface area contributed by atoms with Crippen molar-refractivity contribution < 1.29 is 60.4 Å². The Bertz CT molecular complexity index is 2180. The van der Waals surface area contributed by atoms with Crippen LogP contribution in [0.25, 0.3) is 0 Å². The molecule has 0 atom stereocenters. The number of urea groups is 2. The van der Waals surface area contributed by atoms with Crippen molar-refractivity contribution in [3.05, 3.63) is 59.7 Å². The zero-order valence-corrected chi connectivity index (χ0v) is 48.3. The zero-order chi connectivity index (χ0) is 58.4. The molecule has 6 aliphatic heterocycles. The monoisotopic (exact) mass is 1130 g/mol. The van der Waals surface area contributed by atoms with Gasteiger partial charge >= 0.3 is 24.2 Å². The lowest BCUT2D eigenvalue weighted by atomic mass is 8.97. The molecule has 0 aliphatic carbocycles. The number of hydrogen-bond acceptors (Lipinski definition) is 11. The second kappa shape index (κ2) is 34.3. The van der Waals surface area contributed by atoms with E-state index in [-0.39, 0.29) is 38.9 Å². The lowest BCUT2D eigenvalue weighted by molar-refractivity contribution is -0.0625. The van der Waals surface area contributed by atoms with Gasteiger partial charge in [0.05, 0.1) is 36.6 Å². The normalized spacial score (nSPS) is 19.2. The highest BCUT2D eigenvalue weighted by atomic mass is 19.1. The third kappa shape index (κ3) is 25.0. The first-order chi connectivity index (χ1) is 38.0. The number of piperidine rings is 6. The van der Waals surface area contributed by atoms with E-state index in [4.69, 9.17) is 46.9 Å². The number of likely N-dealkylation sites (tertiary alicyclic amines) is 4. The van der Waals surface area contributed by atoms with Gasteiger partial charge in [0.2, 0.25) is 0 Å². The number of amides is 6. The molecule has 0 saturated carbocycles. The van der Waals surface area contributed by atoms with Crippen molar-refractivity contribution in [2.75, 3.05) is 89.2 Å². The van der Waals surface area contributed by atoms with E-state index in [2.05, 4.69) is 21.3 Å². The van der Waals surface area contributed by atoms with Crippen LogP contribution in [0.15, 0.2) is 36.4 Å². The van der Waals surface area contributed by atoms with Crippen LogP contribution in [0, 0.1) is 23.3 Å². The molecule has 0 bridgehead atoms. The number of rotatable bonds is 9. The van der Waals surface area contributed by atoms with Crippen molar-refractivity contribution >= 4 is 80.7 Å². The van der Waals surface area contributed by atoms with Gasteiger partial charge in [-0.05, 0) is 169 Å². The van der Waals surface area contributed by atoms with Gasteiger partial charge < -0.3 is 64.6 Å². The van der Waals surface area contributed by atoms with Gasteiger partial charge in [0.1, 0.15) is 45.8 Å². The van der Waals surface area contributed by atoms with E-state index >= 15 is 0 Å². The van der Waals surface area contributed by atoms with E-state index in [1.807, 2.05) is 41.5 Å². The molecule has 6 saturated heterocycles. The maximum absolute atomic E-state index is 13.7. The Hall–Kier alpha value is -4.57. The summed E-state index contributed by atoms with van der Waals surface area (Å²) in [6.07, 6.45) is 10.7. The molecule has 81 heavy (non-hydrogen) atoms. The van der Waals surface area contributed by atoms with Crippen LogP contribution in [-0.4, -0.2) is 215 Å². The molecule has 6 amide bonds.